The third kappa shape index (κ3) is 0.864. The minimum absolute atomic E-state index is 0.843. The van der Waals surface area contributed by atoms with Gasteiger partial charge in [0.15, 0.2) is 0 Å². The molecule has 0 aromatic heterocycles. The Labute approximate surface area is 56.2 Å². The SMILES string of the molecule is CN1CC2[CH]NCC2C1. The number of hydrogen-bond acceptors (Lipinski definition) is 2. The van der Waals surface area contributed by atoms with Gasteiger partial charge in [0, 0.05) is 19.6 Å². The van der Waals surface area contributed by atoms with E-state index in [2.05, 4.69) is 23.8 Å². The molecule has 2 aliphatic heterocycles. The topological polar surface area (TPSA) is 15.3 Å². The minimum atomic E-state index is 0.843. The average Bonchev–Trinajstić information content (AvgIpc) is 2.22. The number of rotatable bonds is 0. The maximum Gasteiger partial charge on any atom is 0.0268 e. The third-order valence-electron chi connectivity index (χ3n) is 2.39. The normalized spacial score (nSPS) is 43.7. The first-order valence-corrected chi connectivity index (χ1v) is 3.61. The monoisotopic (exact) mass is 125 g/mol. The van der Waals surface area contributed by atoms with E-state index in [1.165, 1.54) is 19.6 Å². The molecule has 2 fully saturated rings. The Kier molecular flexibility index (Phi) is 1.24. The van der Waals surface area contributed by atoms with E-state index in [0.717, 1.165) is 11.8 Å². The lowest BCUT2D eigenvalue weighted by atomic mass is 10.0. The van der Waals surface area contributed by atoms with Crippen LogP contribution in [0, 0.1) is 18.4 Å². The van der Waals surface area contributed by atoms with Crippen molar-refractivity contribution in [2.75, 3.05) is 26.7 Å². The second kappa shape index (κ2) is 1.96. The van der Waals surface area contributed by atoms with E-state index >= 15 is 0 Å². The van der Waals surface area contributed by atoms with E-state index in [1.807, 2.05) is 0 Å². The highest BCUT2D eigenvalue weighted by molar-refractivity contribution is 4.96. The van der Waals surface area contributed by atoms with Crippen LogP contribution in [0.25, 0.3) is 0 Å². The first-order chi connectivity index (χ1) is 4.36. The highest BCUT2D eigenvalue weighted by atomic mass is 15.2. The van der Waals surface area contributed by atoms with E-state index in [0.29, 0.717) is 0 Å². The lowest BCUT2D eigenvalue weighted by Crippen LogP contribution is -2.19. The Morgan fingerprint density at radius 3 is 3.22 bits per heavy atom. The van der Waals surface area contributed by atoms with Crippen LogP contribution in [0.3, 0.4) is 0 Å². The predicted molar refractivity (Wildman–Crippen MR) is 36.8 cm³/mol. The summed E-state index contributed by atoms with van der Waals surface area (Å²) < 4.78 is 0. The largest absolute Gasteiger partial charge is 0.312 e. The van der Waals surface area contributed by atoms with Gasteiger partial charge < -0.3 is 10.2 Å². The van der Waals surface area contributed by atoms with E-state index in [-0.39, 0.29) is 0 Å². The van der Waals surface area contributed by atoms with E-state index in [1.54, 1.807) is 0 Å². The van der Waals surface area contributed by atoms with Gasteiger partial charge in [-0.05, 0) is 25.4 Å². The van der Waals surface area contributed by atoms with Gasteiger partial charge in [-0.2, -0.15) is 0 Å². The van der Waals surface area contributed by atoms with Crippen molar-refractivity contribution in [3.8, 4) is 0 Å². The predicted octanol–water partition coefficient (Wildman–Crippen LogP) is -0.0708. The molecule has 2 aliphatic rings. The first-order valence-electron chi connectivity index (χ1n) is 3.61. The smallest absolute Gasteiger partial charge is 0.0268 e. The molecule has 51 valence electrons. The van der Waals surface area contributed by atoms with Crippen LogP contribution in [-0.4, -0.2) is 31.6 Å². The van der Waals surface area contributed by atoms with Gasteiger partial charge in [0.05, 0.1) is 0 Å². The second-order valence-corrected chi connectivity index (χ2v) is 3.22. The van der Waals surface area contributed by atoms with Crippen molar-refractivity contribution in [2.45, 2.75) is 0 Å². The van der Waals surface area contributed by atoms with Crippen LogP contribution in [0.15, 0.2) is 0 Å². The van der Waals surface area contributed by atoms with Gasteiger partial charge in [-0.3, -0.25) is 0 Å². The Morgan fingerprint density at radius 2 is 2.44 bits per heavy atom. The van der Waals surface area contributed by atoms with Gasteiger partial charge in [-0.25, -0.2) is 0 Å². The first kappa shape index (κ1) is 5.69. The van der Waals surface area contributed by atoms with Crippen LogP contribution in [0.4, 0.5) is 0 Å². The zero-order valence-electron chi connectivity index (χ0n) is 5.80. The number of nitrogens with one attached hydrogen (secondary N) is 1. The summed E-state index contributed by atoms with van der Waals surface area (Å²) in [6.07, 6.45) is 0. The van der Waals surface area contributed by atoms with Gasteiger partial charge >= 0.3 is 0 Å². The molecule has 0 saturated carbocycles. The lowest BCUT2D eigenvalue weighted by Gasteiger charge is -2.07. The molecule has 0 amide bonds. The quantitative estimate of drug-likeness (QED) is 0.487. The van der Waals surface area contributed by atoms with Gasteiger partial charge in [-0.1, -0.05) is 0 Å². The molecule has 0 spiro atoms. The molecule has 2 saturated heterocycles. The Bertz CT molecular complexity index is 101. The Morgan fingerprint density at radius 1 is 1.56 bits per heavy atom. The Hall–Kier alpha value is -0.0800. The molecule has 2 heteroatoms. The zero-order chi connectivity index (χ0) is 6.27. The fraction of sp³-hybridized carbons (Fsp3) is 0.857. The van der Waals surface area contributed by atoms with Crippen LogP contribution < -0.4 is 5.32 Å². The fourth-order valence-electron chi connectivity index (χ4n) is 1.89. The van der Waals surface area contributed by atoms with Gasteiger partial charge in [0.25, 0.3) is 0 Å². The minimum Gasteiger partial charge on any atom is -0.312 e. The fourth-order valence-corrected chi connectivity index (χ4v) is 1.89. The van der Waals surface area contributed by atoms with Crippen LogP contribution in [0.1, 0.15) is 0 Å². The molecule has 1 radical (unpaired) electrons. The summed E-state index contributed by atoms with van der Waals surface area (Å²) in [5, 5.41) is 3.29. The Balaban J connectivity index is 2.02. The maximum atomic E-state index is 3.29. The van der Waals surface area contributed by atoms with Crippen molar-refractivity contribution in [1.29, 1.82) is 0 Å². The molecule has 0 aromatic rings. The molecule has 2 rings (SSSR count). The molecule has 0 aromatic carbocycles. The van der Waals surface area contributed by atoms with Crippen molar-refractivity contribution in [3.05, 3.63) is 6.54 Å². The summed E-state index contributed by atoms with van der Waals surface area (Å²) in [4.78, 5) is 2.41. The van der Waals surface area contributed by atoms with Crippen LogP contribution in [0.2, 0.25) is 0 Å². The van der Waals surface area contributed by atoms with E-state index < -0.39 is 0 Å². The third-order valence-corrected chi connectivity index (χ3v) is 2.39. The molecule has 0 bridgehead atoms. The van der Waals surface area contributed by atoms with Crippen molar-refractivity contribution >= 4 is 0 Å². The van der Waals surface area contributed by atoms with Gasteiger partial charge in [0.1, 0.15) is 0 Å². The average molecular weight is 125 g/mol. The van der Waals surface area contributed by atoms with Crippen LogP contribution in [0.5, 0.6) is 0 Å². The van der Waals surface area contributed by atoms with Gasteiger partial charge in [-0.15, -0.1) is 0 Å². The van der Waals surface area contributed by atoms with E-state index in [9.17, 15) is 0 Å². The van der Waals surface area contributed by atoms with Crippen molar-refractivity contribution in [2.24, 2.45) is 11.8 Å². The highest BCUT2D eigenvalue weighted by Crippen LogP contribution is 2.26. The van der Waals surface area contributed by atoms with Crippen molar-refractivity contribution in [3.63, 3.8) is 0 Å². The summed E-state index contributed by atoms with van der Waals surface area (Å²) >= 11 is 0. The van der Waals surface area contributed by atoms with Crippen LogP contribution in [-0.2, 0) is 0 Å². The second-order valence-electron chi connectivity index (χ2n) is 3.22. The summed E-state index contributed by atoms with van der Waals surface area (Å²) in [5.41, 5.74) is 0. The van der Waals surface area contributed by atoms with E-state index in [4.69, 9.17) is 0 Å². The molecule has 9 heavy (non-hydrogen) atoms. The zero-order valence-corrected chi connectivity index (χ0v) is 5.80. The highest BCUT2D eigenvalue weighted by Gasteiger charge is 2.34. The van der Waals surface area contributed by atoms with Crippen molar-refractivity contribution < 1.29 is 0 Å². The standard InChI is InChI=1S/C7H13N2/c1-9-4-6-2-8-3-7(6)5-9/h2,6-8H,3-5H2,1H3. The molecule has 1 N–H and O–H groups in total. The molecule has 2 unspecified atom stereocenters. The number of fused-ring (bicyclic) bond motifs is 1. The van der Waals surface area contributed by atoms with Crippen molar-refractivity contribution in [1.82, 2.24) is 10.2 Å². The molecular weight excluding hydrogens is 112 g/mol. The summed E-state index contributed by atoms with van der Waals surface area (Å²) in [6, 6.07) is 0. The molecule has 0 aliphatic carbocycles. The number of nitrogens with zero attached hydrogens (tertiary/aromatic N) is 1. The number of hydrogen-bond donors (Lipinski definition) is 1. The van der Waals surface area contributed by atoms with Crippen LogP contribution >= 0.6 is 0 Å². The van der Waals surface area contributed by atoms with Gasteiger partial charge in [0.2, 0.25) is 0 Å². The molecule has 2 nitrogen and oxygen atoms in total. The summed E-state index contributed by atoms with van der Waals surface area (Å²) in [6.45, 7) is 6.01. The molecule has 2 atom stereocenters. The summed E-state index contributed by atoms with van der Waals surface area (Å²) in [5.74, 6) is 1.75. The lowest BCUT2D eigenvalue weighted by molar-refractivity contribution is 0.387. The number of likely N-dealkylation sites (tertiary alicyclic amines) is 1. The molecular formula is C7H13N2. The molecule has 2 heterocycles. The summed E-state index contributed by atoms with van der Waals surface area (Å²) in [7, 11) is 2.20. The maximum absolute atomic E-state index is 3.29.